The van der Waals surface area contributed by atoms with E-state index in [0.29, 0.717) is 16.9 Å². The predicted octanol–water partition coefficient (Wildman–Crippen LogP) is 18.5. The van der Waals surface area contributed by atoms with E-state index < -0.39 is 6.85 Å². The molecule has 2 aromatic heterocycles. The van der Waals surface area contributed by atoms with E-state index in [1.165, 1.54) is 11.1 Å². The molecule has 0 saturated heterocycles. The molecule has 75 heavy (non-hydrogen) atoms. The first-order valence-electron chi connectivity index (χ1n) is 28.0. The number of nitrogens with zero attached hydrogens (tertiary/aromatic N) is 4. The SMILES string of the molecule is [2H]c1c(Oc2[c-]c3c(cc2)c2cc(-c4ccc(C(C)(C)C)cc4)ccc2n3-c2cc(C([2H])([2H])[2H])c(-c3ccccc3)cn2)[c-]c(N2[CH-]N(c3c(-c4ccccc4)cccc3-c3ccc(C(C)(C)C)cc3)c3ccccc32)c([2H])c1[2H].[Pt]. The number of fused-ring (bicyclic) bond motifs is 4. The molecule has 372 valence electrons. The van der Waals surface area contributed by atoms with Crippen LogP contribution in [0.25, 0.3) is 72.1 Å². The van der Waals surface area contributed by atoms with E-state index in [2.05, 4.69) is 150 Å². The molecule has 0 atom stereocenters. The first-order chi connectivity index (χ1) is 38.3. The Kier molecular flexibility index (Phi) is 11.1. The summed E-state index contributed by atoms with van der Waals surface area (Å²) in [5, 5.41) is 1.70. The average molecular weight is 1160 g/mol. The molecule has 0 fully saturated rings. The number of pyridine rings is 1. The number of ether oxygens (including phenoxy) is 1. The van der Waals surface area contributed by atoms with Crippen molar-refractivity contribution >= 4 is 44.6 Å². The summed E-state index contributed by atoms with van der Waals surface area (Å²) in [6, 6.07) is 68.9. The van der Waals surface area contributed by atoms with E-state index in [9.17, 15) is 4.11 Å². The molecule has 0 spiro atoms. The van der Waals surface area contributed by atoms with Crippen LogP contribution in [0.15, 0.2) is 212 Å². The summed E-state index contributed by atoms with van der Waals surface area (Å²) in [7, 11) is 0. The Balaban J connectivity index is 0.00000690. The second kappa shape index (κ2) is 19.7. The summed E-state index contributed by atoms with van der Waals surface area (Å²) in [6.07, 6.45) is 1.62. The van der Waals surface area contributed by atoms with Gasteiger partial charge in [-0.1, -0.05) is 199 Å². The molecule has 0 radical (unpaired) electrons. The van der Waals surface area contributed by atoms with Gasteiger partial charge in [0.05, 0.1) is 0 Å². The molecule has 0 aliphatic carbocycles. The number of benzene rings is 9. The normalized spacial score (nSPS) is 13.8. The van der Waals surface area contributed by atoms with Gasteiger partial charge in [-0.05, 0) is 94.6 Å². The van der Waals surface area contributed by atoms with Crippen LogP contribution >= 0.6 is 0 Å². The van der Waals surface area contributed by atoms with Gasteiger partial charge in [0, 0.05) is 83.5 Å². The third kappa shape index (κ3) is 9.36. The Morgan fingerprint density at radius 3 is 1.76 bits per heavy atom. The van der Waals surface area contributed by atoms with Gasteiger partial charge in [-0.3, -0.25) is 0 Å². The smallest absolute Gasteiger partial charge is 0.135 e. The van der Waals surface area contributed by atoms with Gasteiger partial charge in [0.1, 0.15) is 5.82 Å². The minimum absolute atomic E-state index is 0. The van der Waals surface area contributed by atoms with E-state index in [1.807, 2.05) is 101 Å². The molecule has 0 N–H and O–H groups in total. The molecule has 11 aromatic rings. The standard InChI is InChI=1S/C69H57N4O.Pt/c1-46-40-66(70-44-61(46)49-20-12-9-13-21-49)73-62-39-32-51(47-28-33-52(34-29-47)68(2,3)4)41-60(62)59-38-37-56(43-65(59)73)74-55-23-16-22-54(42-55)71-45-72(64-27-15-14-26-63(64)71)67-57(48-18-10-8-11-19-48)24-17-25-58(67)50-30-35-53(36-31-50)69(5,6)7;/h8-41,44-45H,1-7H3;/q-3;/i1D3,16D,22D,23D;. The Morgan fingerprint density at radius 2 is 1.12 bits per heavy atom. The summed E-state index contributed by atoms with van der Waals surface area (Å²) < 4.78 is 62.5. The van der Waals surface area contributed by atoms with E-state index in [-0.39, 0.29) is 72.8 Å². The van der Waals surface area contributed by atoms with Crippen LogP contribution < -0.4 is 14.5 Å². The molecule has 0 bridgehead atoms. The third-order valence-electron chi connectivity index (χ3n) is 14.0. The van der Waals surface area contributed by atoms with Gasteiger partial charge in [-0.25, -0.2) is 4.98 Å². The van der Waals surface area contributed by atoms with E-state index in [1.54, 1.807) is 18.3 Å². The van der Waals surface area contributed by atoms with Crippen LogP contribution in [-0.4, -0.2) is 9.55 Å². The molecule has 1 aliphatic heterocycles. The van der Waals surface area contributed by atoms with Crippen LogP contribution in [-0.2, 0) is 31.9 Å². The summed E-state index contributed by atoms with van der Waals surface area (Å²) in [5.41, 5.74) is 14.1. The molecule has 9 aromatic carbocycles. The van der Waals surface area contributed by atoms with E-state index >= 15 is 0 Å². The maximum absolute atomic E-state index is 9.42. The fourth-order valence-electron chi connectivity index (χ4n) is 10.1. The zero-order valence-corrected chi connectivity index (χ0v) is 44.8. The summed E-state index contributed by atoms with van der Waals surface area (Å²) in [6.45, 7) is 12.7. The first-order valence-corrected chi connectivity index (χ1v) is 25.0. The quantitative estimate of drug-likeness (QED) is 0.135. The summed E-state index contributed by atoms with van der Waals surface area (Å²) in [5.74, 6) is 0.528. The molecule has 0 unspecified atom stereocenters. The second-order valence-electron chi connectivity index (χ2n) is 21.0. The van der Waals surface area contributed by atoms with Gasteiger partial charge < -0.3 is 19.1 Å². The van der Waals surface area contributed by atoms with Crippen molar-refractivity contribution in [2.24, 2.45) is 0 Å². The monoisotopic (exact) mass is 1160 g/mol. The number of aromatic nitrogens is 2. The molecule has 12 rings (SSSR count). The van der Waals surface area contributed by atoms with Crippen LogP contribution in [0.3, 0.4) is 0 Å². The molecular weight excluding hydrogens is 1100 g/mol. The molecule has 3 heterocycles. The van der Waals surface area contributed by atoms with E-state index in [4.69, 9.17) is 13.8 Å². The molecule has 0 saturated carbocycles. The number of anilines is 4. The van der Waals surface area contributed by atoms with Crippen molar-refractivity contribution in [3.05, 3.63) is 248 Å². The third-order valence-corrected chi connectivity index (χ3v) is 14.0. The van der Waals surface area contributed by atoms with Crippen molar-refractivity contribution in [1.82, 2.24) is 9.55 Å². The average Bonchev–Trinajstić information content (AvgIpc) is 4.26. The van der Waals surface area contributed by atoms with Crippen LogP contribution in [0.4, 0.5) is 22.7 Å². The first kappa shape index (κ1) is 42.4. The van der Waals surface area contributed by atoms with Crippen molar-refractivity contribution in [2.45, 2.75) is 59.2 Å². The topological polar surface area (TPSA) is 33.5 Å². The van der Waals surface area contributed by atoms with Gasteiger partial charge in [-0.15, -0.1) is 48.0 Å². The number of hydrogen-bond donors (Lipinski definition) is 0. The summed E-state index contributed by atoms with van der Waals surface area (Å²) in [4.78, 5) is 8.94. The van der Waals surface area contributed by atoms with Crippen molar-refractivity contribution in [2.75, 3.05) is 9.80 Å². The molecule has 0 amide bonds. The van der Waals surface area contributed by atoms with Gasteiger partial charge in [0.25, 0.3) is 0 Å². The van der Waals surface area contributed by atoms with Crippen molar-refractivity contribution < 1.29 is 34.0 Å². The molecular formula is C69H57N4OPt-3. The van der Waals surface area contributed by atoms with Gasteiger partial charge in [-0.2, -0.15) is 12.1 Å². The van der Waals surface area contributed by atoms with Crippen LogP contribution in [0, 0.1) is 25.7 Å². The Bertz CT molecular complexity index is 4170. The Morgan fingerprint density at radius 1 is 0.533 bits per heavy atom. The summed E-state index contributed by atoms with van der Waals surface area (Å²) >= 11 is 0. The largest absolute Gasteiger partial charge is 0.509 e. The number of rotatable bonds is 9. The van der Waals surface area contributed by atoms with Crippen LogP contribution in [0.1, 0.15) is 66.5 Å². The van der Waals surface area contributed by atoms with Gasteiger partial charge in [0.15, 0.2) is 0 Å². The maximum atomic E-state index is 9.42. The van der Waals surface area contributed by atoms with Crippen molar-refractivity contribution in [3.63, 3.8) is 0 Å². The Hall–Kier alpha value is -7.98. The zero-order valence-electron chi connectivity index (χ0n) is 48.6. The van der Waals surface area contributed by atoms with Crippen molar-refractivity contribution in [3.8, 4) is 61.8 Å². The minimum atomic E-state index is -2.47. The fourth-order valence-corrected chi connectivity index (χ4v) is 10.1. The van der Waals surface area contributed by atoms with Crippen molar-refractivity contribution in [1.29, 1.82) is 0 Å². The number of para-hydroxylation sites is 3. The van der Waals surface area contributed by atoms with Gasteiger partial charge >= 0.3 is 0 Å². The number of hydrogen-bond acceptors (Lipinski definition) is 4. The molecule has 6 heteroatoms. The number of aryl methyl sites for hydroxylation is 1. The van der Waals surface area contributed by atoms with Gasteiger partial charge in [0.2, 0.25) is 0 Å². The molecule has 1 aliphatic rings. The minimum Gasteiger partial charge on any atom is -0.509 e. The molecule has 5 nitrogen and oxygen atoms in total. The Labute approximate surface area is 464 Å². The zero-order chi connectivity index (χ0) is 55.8. The van der Waals surface area contributed by atoms with E-state index in [0.717, 1.165) is 72.3 Å². The predicted molar refractivity (Wildman–Crippen MR) is 308 cm³/mol. The van der Waals surface area contributed by atoms with Crippen LogP contribution in [0.2, 0.25) is 0 Å². The maximum Gasteiger partial charge on any atom is 0.135 e. The fraction of sp³-hybridized carbons (Fsp3) is 0.130. The second-order valence-corrected chi connectivity index (χ2v) is 21.0. The van der Waals surface area contributed by atoms with Crippen LogP contribution in [0.5, 0.6) is 11.5 Å².